The fraction of sp³-hybridized carbons (Fsp3) is 0.450. The quantitative estimate of drug-likeness (QED) is 0.864. The van der Waals surface area contributed by atoms with Crippen molar-refractivity contribution in [1.29, 1.82) is 0 Å². The maximum absolute atomic E-state index is 12.8. The normalized spacial score (nSPS) is 21.8. The second-order valence-corrected chi connectivity index (χ2v) is 7.19. The lowest BCUT2D eigenvalue weighted by Crippen LogP contribution is -2.49. The second kappa shape index (κ2) is 7.63. The van der Waals surface area contributed by atoms with Crippen LogP contribution in [-0.2, 0) is 16.1 Å². The van der Waals surface area contributed by atoms with E-state index < -0.39 is 11.9 Å². The van der Waals surface area contributed by atoms with Crippen molar-refractivity contribution in [1.82, 2.24) is 15.1 Å². The number of aromatic nitrogens is 2. The number of carbonyl (C=O) groups is 2. The molecule has 1 aromatic carbocycles. The number of hydrogen-bond acceptors (Lipinski definition) is 5. The van der Waals surface area contributed by atoms with Gasteiger partial charge in [0.25, 0.3) is 11.8 Å². The molecule has 1 unspecified atom stereocenters. The van der Waals surface area contributed by atoms with E-state index in [0.29, 0.717) is 18.0 Å². The van der Waals surface area contributed by atoms with Gasteiger partial charge in [0.05, 0.1) is 18.3 Å². The van der Waals surface area contributed by atoms with Crippen LogP contribution in [0.4, 0.5) is 5.69 Å². The van der Waals surface area contributed by atoms with Gasteiger partial charge in [-0.1, -0.05) is 12.1 Å². The van der Waals surface area contributed by atoms with E-state index >= 15 is 0 Å². The van der Waals surface area contributed by atoms with Crippen LogP contribution in [0.2, 0.25) is 0 Å². The van der Waals surface area contributed by atoms with Gasteiger partial charge in [-0.05, 0) is 38.0 Å². The van der Waals surface area contributed by atoms with Gasteiger partial charge in [0, 0.05) is 19.3 Å². The molecule has 28 heavy (non-hydrogen) atoms. The van der Waals surface area contributed by atoms with Gasteiger partial charge in [-0.3, -0.25) is 14.3 Å². The molecule has 0 radical (unpaired) electrons. The molecule has 2 aromatic rings. The molecule has 0 spiro atoms. The molecule has 1 aromatic heterocycles. The Kier molecular flexibility index (Phi) is 5.04. The molecule has 148 valence electrons. The molecular formula is C20H24N4O4. The lowest BCUT2D eigenvalue weighted by Gasteiger charge is -2.20. The third-order valence-corrected chi connectivity index (χ3v) is 5.18. The number of hydrogen-bond donors (Lipinski definition) is 1. The van der Waals surface area contributed by atoms with Crippen molar-refractivity contribution >= 4 is 17.5 Å². The number of ether oxygens (including phenoxy) is 2. The fourth-order valence-electron chi connectivity index (χ4n) is 3.58. The standard InChI is InChI=1S/C20H24N4O4/c1-13-10-15(22-24(13)11-14-6-5-9-27-14)19(25)21-16-12-28-18-8-4-3-7-17(18)23(2)20(16)26/h3-4,7-8,10,14,16H,5-6,9,11-12H2,1-2H3,(H,21,25)/t14?,16-/m1/s1. The molecule has 2 amide bonds. The van der Waals surface area contributed by atoms with E-state index in [4.69, 9.17) is 9.47 Å². The number of benzene rings is 1. The van der Waals surface area contributed by atoms with E-state index in [0.717, 1.165) is 25.1 Å². The first-order chi connectivity index (χ1) is 13.5. The van der Waals surface area contributed by atoms with Crippen LogP contribution in [0.5, 0.6) is 5.75 Å². The van der Waals surface area contributed by atoms with Crippen LogP contribution < -0.4 is 15.0 Å². The molecule has 4 rings (SSSR count). The first kappa shape index (κ1) is 18.5. The largest absolute Gasteiger partial charge is 0.489 e. The summed E-state index contributed by atoms with van der Waals surface area (Å²) in [5.41, 5.74) is 1.85. The number of fused-ring (bicyclic) bond motifs is 1. The van der Waals surface area contributed by atoms with Crippen molar-refractivity contribution in [2.75, 3.05) is 25.2 Å². The number of carbonyl (C=O) groups excluding carboxylic acids is 2. The Hall–Kier alpha value is -2.87. The summed E-state index contributed by atoms with van der Waals surface area (Å²) < 4.78 is 13.2. The molecule has 8 nitrogen and oxygen atoms in total. The Labute approximate surface area is 163 Å². The topological polar surface area (TPSA) is 85.7 Å². The van der Waals surface area contributed by atoms with Crippen LogP contribution in [0.25, 0.3) is 0 Å². The number of nitrogens with zero attached hydrogens (tertiary/aromatic N) is 3. The molecule has 0 bridgehead atoms. The Bertz CT molecular complexity index is 888. The number of para-hydroxylation sites is 2. The van der Waals surface area contributed by atoms with E-state index in [1.54, 1.807) is 23.9 Å². The molecule has 2 atom stereocenters. The summed E-state index contributed by atoms with van der Waals surface area (Å²) in [5.74, 6) is -0.00362. The third kappa shape index (κ3) is 3.60. The first-order valence-electron chi connectivity index (χ1n) is 9.49. The van der Waals surface area contributed by atoms with E-state index in [9.17, 15) is 9.59 Å². The predicted octanol–water partition coefficient (Wildman–Crippen LogP) is 1.52. The van der Waals surface area contributed by atoms with Crippen LogP contribution in [0.15, 0.2) is 30.3 Å². The Morgan fingerprint density at radius 2 is 2.18 bits per heavy atom. The summed E-state index contributed by atoms with van der Waals surface area (Å²) in [6.07, 6.45) is 2.19. The summed E-state index contributed by atoms with van der Waals surface area (Å²) in [6, 6.07) is 8.25. The van der Waals surface area contributed by atoms with Crippen LogP contribution in [-0.4, -0.2) is 54.0 Å². The number of amides is 2. The zero-order chi connectivity index (χ0) is 19.7. The van der Waals surface area contributed by atoms with E-state index in [1.807, 2.05) is 25.1 Å². The highest BCUT2D eigenvalue weighted by Crippen LogP contribution is 2.29. The summed E-state index contributed by atoms with van der Waals surface area (Å²) in [7, 11) is 1.68. The van der Waals surface area contributed by atoms with Crippen molar-refractivity contribution in [3.05, 3.63) is 41.7 Å². The van der Waals surface area contributed by atoms with E-state index in [1.165, 1.54) is 4.90 Å². The van der Waals surface area contributed by atoms with Crippen molar-refractivity contribution in [2.24, 2.45) is 0 Å². The van der Waals surface area contributed by atoms with Gasteiger partial charge < -0.3 is 19.7 Å². The zero-order valence-corrected chi connectivity index (χ0v) is 16.1. The van der Waals surface area contributed by atoms with Crippen molar-refractivity contribution < 1.29 is 19.1 Å². The monoisotopic (exact) mass is 384 g/mol. The summed E-state index contributed by atoms with van der Waals surface area (Å²) in [5, 5.41) is 7.17. The molecular weight excluding hydrogens is 360 g/mol. The molecule has 2 aliphatic heterocycles. The highest BCUT2D eigenvalue weighted by atomic mass is 16.5. The van der Waals surface area contributed by atoms with Crippen molar-refractivity contribution in [3.63, 3.8) is 0 Å². The Morgan fingerprint density at radius 1 is 1.36 bits per heavy atom. The van der Waals surface area contributed by atoms with Gasteiger partial charge in [-0.2, -0.15) is 5.10 Å². The second-order valence-electron chi connectivity index (χ2n) is 7.19. The van der Waals surface area contributed by atoms with Gasteiger partial charge in [0.1, 0.15) is 24.1 Å². The maximum atomic E-state index is 12.8. The lowest BCUT2D eigenvalue weighted by atomic mass is 10.2. The highest BCUT2D eigenvalue weighted by molar-refractivity contribution is 6.02. The van der Waals surface area contributed by atoms with Gasteiger partial charge in [0.2, 0.25) is 0 Å². The van der Waals surface area contributed by atoms with Gasteiger partial charge in [0.15, 0.2) is 0 Å². The van der Waals surface area contributed by atoms with Crippen molar-refractivity contribution in [2.45, 2.75) is 38.5 Å². The van der Waals surface area contributed by atoms with Gasteiger partial charge >= 0.3 is 0 Å². The van der Waals surface area contributed by atoms with Crippen LogP contribution >= 0.6 is 0 Å². The SMILES string of the molecule is Cc1cc(C(=O)N[C@@H]2COc3ccccc3N(C)C2=O)nn1CC1CCCO1. The van der Waals surface area contributed by atoms with Gasteiger partial charge in [-0.15, -0.1) is 0 Å². The molecule has 0 aliphatic carbocycles. The Balaban J connectivity index is 1.45. The molecule has 3 heterocycles. The average molecular weight is 384 g/mol. The first-order valence-corrected chi connectivity index (χ1v) is 9.49. The minimum atomic E-state index is -0.784. The zero-order valence-electron chi connectivity index (χ0n) is 16.1. The van der Waals surface area contributed by atoms with Crippen LogP contribution in [0.3, 0.4) is 0 Å². The average Bonchev–Trinajstić information content (AvgIpc) is 3.32. The van der Waals surface area contributed by atoms with Gasteiger partial charge in [-0.25, -0.2) is 0 Å². The molecule has 1 N–H and O–H groups in total. The van der Waals surface area contributed by atoms with E-state index in [-0.39, 0.29) is 24.3 Å². The molecule has 1 saturated heterocycles. The summed E-state index contributed by atoms with van der Waals surface area (Å²) in [4.78, 5) is 27.0. The number of anilines is 1. The summed E-state index contributed by atoms with van der Waals surface area (Å²) in [6.45, 7) is 3.38. The minimum Gasteiger partial charge on any atom is -0.489 e. The maximum Gasteiger partial charge on any atom is 0.272 e. The Morgan fingerprint density at radius 3 is 2.96 bits per heavy atom. The third-order valence-electron chi connectivity index (χ3n) is 5.18. The van der Waals surface area contributed by atoms with E-state index in [2.05, 4.69) is 10.4 Å². The number of rotatable bonds is 4. The minimum absolute atomic E-state index is 0.0710. The molecule has 2 aliphatic rings. The predicted molar refractivity (Wildman–Crippen MR) is 103 cm³/mol. The number of likely N-dealkylation sites (N-methyl/N-ethyl adjacent to an activating group) is 1. The number of nitrogens with one attached hydrogen (secondary N) is 1. The summed E-state index contributed by atoms with van der Waals surface area (Å²) >= 11 is 0. The van der Waals surface area contributed by atoms with Crippen LogP contribution in [0.1, 0.15) is 29.0 Å². The molecule has 0 saturated carbocycles. The molecule has 8 heteroatoms. The highest BCUT2D eigenvalue weighted by Gasteiger charge is 2.31. The van der Waals surface area contributed by atoms with Crippen molar-refractivity contribution in [3.8, 4) is 5.75 Å². The fourth-order valence-corrected chi connectivity index (χ4v) is 3.58. The smallest absolute Gasteiger partial charge is 0.272 e. The number of aryl methyl sites for hydroxylation is 1. The lowest BCUT2D eigenvalue weighted by molar-refractivity contribution is -0.120. The molecule has 1 fully saturated rings. The van der Waals surface area contributed by atoms with Crippen LogP contribution in [0, 0.1) is 6.92 Å².